The van der Waals surface area contributed by atoms with Gasteiger partial charge in [0.05, 0.1) is 5.41 Å². The van der Waals surface area contributed by atoms with E-state index in [2.05, 4.69) is 0 Å². The number of hydrogen-bond acceptors (Lipinski definition) is 3. The minimum atomic E-state index is -1.22. The normalized spacial score (nSPS) is 22.1. The van der Waals surface area contributed by atoms with Crippen LogP contribution in [0.2, 0.25) is 0 Å². The molecular formula is C17H19NO4. The van der Waals surface area contributed by atoms with Crippen molar-refractivity contribution in [2.75, 3.05) is 0 Å². The number of likely N-dealkylation sites (tertiary alicyclic amines) is 1. The first-order chi connectivity index (χ1) is 10.6. The van der Waals surface area contributed by atoms with Gasteiger partial charge in [0.25, 0.3) is 0 Å². The lowest BCUT2D eigenvalue weighted by molar-refractivity contribution is -0.156. The van der Waals surface area contributed by atoms with Gasteiger partial charge in [-0.2, -0.15) is 0 Å². The molecule has 1 unspecified atom stereocenters. The molecule has 3 rings (SSSR count). The van der Waals surface area contributed by atoms with Crippen molar-refractivity contribution in [2.45, 2.75) is 44.6 Å². The summed E-state index contributed by atoms with van der Waals surface area (Å²) in [5, 5.41) is 9.56. The van der Waals surface area contributed by atoms with Gasteiger partial charge in [-0.15, -0.1) is 0 Å². The van der Waals surface area contributed by atoms with Crippen molar-refractivity contribution in [2.24, 2.45) is 5.41 Å². The molecule has 0 radical (unpaired) electrons. The second-order valence-electron chi connectivity index (χ2n) is 6.24. The van der Waals surface area contributed by atoms with Crippen LogP contribution in [0.4, 0.5) is 0 Å². The van der Waals surface area contributed by atoms with Gasteiger partial charge in [-0.05, 0) is 18.4 Å². The summed E-state index contributed by atoms with van der Waals surface area (Å²) in [7, 11) is 0. The number of carbonyl (C=O) groups is 3. The molecule has 5 nitrogen and oxygen atoms in total. The Kier molecular flexibility index (Phi) is 3.72. The number of carbonyl (C=O) groups excluding carboxylic acids is 2. The SMILES string of the molecule is O=C(O)C(c1ccccc1)N1C(=O)CC2(CCCCC2)C1=O. The van der Waals surface area contributed by atoms with Crippen molar-refractivity contribution in [3.8, 4) is 0 Å². The zero-order valence-corrected chi connectivity index (χ0v) is 12.3. The van der Waals surface area contributed by atoms with Crippen molar-refractivity contribution in [1.82, 2.24) is 4.90 Å². The minimum absolute atomic E-state index is 0.155. The van der Waals surface area contributed by atoms with Crippen molar-refractivity contribution >= 4 is 17.8 Å². The lowest BCUT2D eigenvalue weighted by Gasteiger charge is -2.31. The highest BCUT2D eigenvalue weighted by molar-refractivity contribution is 6.08. The molecule has 22 heavy (non-hydrogen) atoms. The molecule has 0 bridgehead atoms. The summed E-state index contributed by atoms with van der Waals surface area (Å²) in [6.07, 6.45) is 4.46. The molecule has 1 aliphatic heterocycles. The summed E-state index contributed by atoms with van der Waals surface area (Å²) in [6, 6.07) is 7.27. The zero-order chi connectivity index (χ0) is 15.7. The number of benzene rings is 1. The highest BCUT2D eigenvalue weighted by atomic mass is 16.4. The summed E-state index contributed by atoms with van der Waals surface area (Å²) in [4.78, 5) is 38.0. The van der Waals surface area contributed by atoms with Crippen LogP contribution in [0.15, 0.2) is 30.3 Å². The van der Waals surface area contributed by atoms with E-state index in [1.807, 2.05) is 0 Å². The minimum Gasteiger partial charge on any atom is -0.479 e. The molecule has 1 atom stereocenters. The van der Waals surface area contributed by atoms with Crippen molar-refractivity contribution in [1.29, 1.82) is 0 Å². The van der Waals surface area contributed by atoms with Gasteiger partial charge >= 0.3 is 5.97 Å². The highest BCUT2D eigenvalue weighted by Gasteiger charge is 2.54. The molecule has 1 N–H and O–H groups in total. The molecule has 1 aromatic rings. The van der Waals surface area contributed by atoms with E-state index in [4.69, 9.17) is 0 Å². The summed E-state index contributed by atoms with van der Waals surface area (Å²) >= 11 is 0. The molecular weight excluding hydrogens is 282 g/mol. The van der Waals surface area contributed by atoms with Gasteiger partial charge in [0.2, 0.25) is 11.8 Å². The Morgan fingerprint density at radius 3 is 2.32 bits per heavy atom. The number of nitrogens with zero attached hydrogens (tertiary/aromatic N) is 1. The molecule has 1 spiro atoms. The van der Waals surface area contributed by atoms with Crippen LogP contribution in [0, 0.1) is 5.41 Å². The smallest absolute Gasteiger partial charge is 0.331 e. The number of aliphatic carboxylic acids is 1. The van der Waals surface area contributed by atoms with E-state index in [1.54, 1.807) is 30.3 Å². The summed E-state index contributed by atoms with van der Waals surface area (Å²) in [5.41, 5.74) is -0.192. The largest absolute Gasteiger partial charge is 0.479 e. The van der Waals surface area contributed by atoms with E-state index in [0.717, 1.165) is 24.2 Å². The number of hydrogen-bond donors (Lipinski definition) is 1. The van der Waals surface area contributed by atoms with Gasteiger partial charge in [0, 0.05) is 6.42 Å². The Balaban J connectivity index is 1.97. The fraction of sp³-hybridized carbons (Fsp3) is 0.471. The number of amides is 2. The monoisotopic (exact) mass is 301 g/mol. The fourth-order valence-electron chi connectivity index (χ4n) is 3.74. The Bertz CT molecular complexity index is 604. The van der Waals surface area contributed by atoms with E-state index in [9.17, 15) is 19.5 Å². The van der Waals surface area contributed by atoms with E-state index < -0.39 is 17.4 Å². The van der Waals surface area contributed by atoms with E-state index >= 15 is 0 Å². The van der Waals surface area contributed by atoms with Gasteiger partial charge in [-0.1, -0.05) is 49.6 Å². The lowest BCUT2D eigenvalue weighted by atomic mass is 9.73. The molecule has 116 valence electrons. The molecule has 2 fully saturated rings. The zero-order valence-electron chi connectivity index (χ0n) is 12.3. The third-order valence-electron chi connectivity index (χ3n) is 4.85. The lowest BCUT2D eigenvalue weighted by Crippen LogP contribution is -2.42. The maximum Gasteiger partial charge on any atom is 0.331 e. The first-order valence-corrected chi connectivity index (χ1v) is 7.69. The van der Waals surface area contributed by atoms with E-state index in [1.165, 1.54) is 0 Å². The molecule has 1 saturated heterocycles. The molecule has 0 aromatic heterocycles. The molecule has 1 saturated carbocycles. The third kappa shape index (κ3) is 2.30. The Morgan fingerprint density at radius 2 is 1.73 bits per heavy atom. The van der Waals surface area contributed by atoms with Gasteiger partial charge < -0.3 is 5.11 Å². The topological polar surface area (TPSA) is 74.7 Å². The first kappa shape index (κ1) is 14.8. The van der Waals surface area contributed by atoms with Crippen LogP contribution in [0.3, 0.4) is 0 Å². The van der Waals surface area contributed by atoms with Crippen LogP contribution in [-0.4, -0.2) is 27.8 Å². The van der Waals surface area contributed by atoms with Crippen LogP contribution in [0.5, 0.6) is 0 Å². The average molecular weight is 301 g/mol. The van der Waals surface area contributed by atoms with Crippen LogP contribution in [0.1, 0.15) is 50.1 Å². The number of imide groups is 1. The first-order valence-electron chi connectivity index (χ1n) is 7.69. The van der Waals surface area contributed by atoms with Crippen LogP contribution in [0.25, 0.3) is 0 Å². The Morgan fingerprint density at radius 1 is 1.09 bits per heavy atom. The van der Waals surface area contributed by atoms with E-state index in [0.29, 0.717) is 18.4 Å². The van der Waals surface area contributed by atoms with Crippen molar-refractivity contribution in [3.05, 3.63) is 35.9 Å². The standard InChI is InChI=1S/C17H19NO4/c19-13-11-17(9-5-2-6-10-17)16(22)18(13)14(15(20)21)12-7-3-1-4-8-12/h1,3-4,7-8,14H,2,5-6,9-11H2,(H,20,21). The molecule has 1 aromatic carbocycles. The van der Waals surface area contributed by atoms with Gasteiger partial charge in [-0.3, -0.25) is 14.5 Å². The van der Waals surface area contributed by atoms with Crippen LogP contribution >= 0.6 is 0 Å². The predicted molar refractivity (Wildman–Crippen MR) is 78.8 cm³/mol. The highest BCUT2D eigenvalue weighted by Crippen LogP contribution is 2.47. The number of rotatable bonds is 3. The Hall–Kier alpha value is -2.17. The van der Waals surface area contributed by atoms with Gasteiger partial charge in [0.15, 0.2) is 6.04 Å². The molecule has 2 amide bonds. The summed E-state index contributed by atoms with van der Waals surface area (Å²) < 4.78 is 0. The van der Waals surface area contributed by atoms with Crippen molar-refractivity contribution < 1.29 is 19.5 Å². The van der Waals surface area contributed by atoms with Crippen LogP contribution < -0.4 is 0 Å². The second kappa shape index (κ2) is 5.55. The summed E-state index contributed by atoms with van der Waals surface area (Å²) in [6.45, 7) is 0. The summed E-state index contributed by atoms with van der Waals surface area (Å²) in [5.74, 6) is -1.82. The predicted octanol–water partition coefficient (Wildman–Crippen LogP) is 2.52. The second-order valence-corrected chi connectivity index (χ2v) is 6.24. The molecule has 1 heterocycles. The number of carboxylic acid groups (broad SMARTS) is 1. The maximum absolute atomic E-state index is 12.9. The number of carboxylic acids is 1. The van der Waals surface area contributed by atoms with Crippen molar-refractivity contribution in [3.63, 3.8) is 0 Å². The van der Waals surface area contributed by atoms with Gasteiger partial charge in [0.1, 0.15) is 0 Å². The molecule has 2 aliphatic rings. The van der Waals surface area contributed by atoms with Crippen LogP contribution in [-0.2, 0) is 14.4 Å². The molecule has 1 aliphatic carbocycles. The van der Waals surface area contributed by atoms with Gasteiger partial charge in [-0.25, -0.2) is 4.79 Å². The quantitative estimate of drug-likeness (QED) is 0.871. The fourth-order valence-corrected chi connectivity index (χ4v) is 3.74. The van der Waals surface area contributed by atoms with E-state index in [-0.39, 0.29) is 18.2 Å². The Labute approximate surface area is 128 Å². The average Bonchev–Trinajstić information content (AvgIpc) is 2.74. The maximum atomic E-state index is 12.9. The third-order valence-corrected chi connectivity index (χ3v) is 4.85. The molecule has 5 heteroatoms.